The van der Waals surface area contributed by atoms with E-state index in [-0.39, 0.29) is 0 Å². The van der Waals surface area contributed by atoms with Gasteiger partial charge in [0.25, 0.3) is 0 Å². The number of rotatable bonds is 2. The Labute approximate surface area is 101 Å². The van der Waals surface area contributed by atoms with Crippen LogP contribution in [-0.2, 0) is 0 Å². The molecule has 0 amide bonds. The summed E-state index contributed by atoms with van der Waals surface area (Å²) in [5, 5.41) is 10.9. The average molecular weight is 240 g/mol. The van der Waals surface area contributed by atoms with Crippen molar-refractivity contribution in [3.8, 4) is 0 Å². The summed E-state index contributed by atoms with van der Waals surface area (Å²) in [6.45, 7) is 0.363. The molecule has 0 aliphatic heterocycles. The first-order chi connectivity index (χ1) is 7.64. The van der Waals surface area contributed by atoms with Gasteiger partial charge in [-0.3, -0.25) is 0 Å². The molecule has 0 heterocycles. The van der Waals surface area contributed by atoms with Gasteiger partial charge >= 0.3 is 0 Å². The number of nitrogens with two attached hydrogens (primary N) is 1. The molecule has 0 atom stereocenters. The van der Waals surface area contributed by atoms with Gasteiger partial charge in [-0.05, 0) is 43.2 Å². The van der Waals surface area contributed by atoms with Crippen LogP contribution in [0.15, 0.2) is 24.3 Å². The van der Waals surface area contributed by atoms with Crippen molar-refractivity contribution in [2.24, 2.45) is 5.73 Å². The molecule has 1 aromatic rings. The van der Waals surface area contributed by atoms with Gasteiger partial charge in [-0.2, -0.15) is 0 Å². The molecule has 3 N–H and O–H groups in total. The Hall–Kier alpha value is -0.570. The first-order valence-electron chi connectivity index (χ1n) is 5.81. The lowest BCUT2D eigenvalue weighted by molar-refractivity contribution is 0.00767. The number of aliphatic hydroxyl groups is 1. The maximum absolute atomic E-state index is 10.1. The number of hydrogen-bond acceptors (Lipinski definition) is 2. The minimum Gasteiger partial charge on any atom is -0.389 e. The maximum atomic E-state index is 10.1. The first-order valence-corrected chi connectivity index (χ1v) is 6.19. The van der Waals surface area contributed by atoms with Crippen LogP contribution in [0.25, 0.3) is 0 Å². The second kappa shape index (κ2) is 4.74. The standard InChI is InChI=1S/C13H18ClNO/c14-12-4-2-1-3-11(12)10-5-7-13(16,9-15)8-6-10/h1-4,10,16H,5-9,15H2. The van der Waals surface area contributed by atoms with Gasteiger partial charge in [0.1, 0.15) is 0 Å². The molecule has 0 radical (unpaired) electrons. The highest BCUT2D eigenvalue weighted by Crippen LogP contribution is 2.39. The van der Waals surface area contributed by atoms with Crippen LogP contribution in [-0.4, -0.2) is 17.3 Å². The third kappa shape index (κ3) is 2.40. The van der Waals surface area contributed by atoms with Crippen molar-refractivity contribution in [2.45, 2.75) is 37.2 Å². The SMILES string of the molecule is NCC1(O)CCC(c2ccccc2Cl)CC1. The third-order valence-electron chi connectivity index (χ3n) is 3.64. The van der Waals surface area contributed by atoms with Gasteiger partial charge in [0.2, 0.25) is 0 Å². The van der Waals surface area contributed by atoms with Crippen LogP contribution in [0.3, 0.4) is 0 Å². The van der Waals surface area contributed by atoms with Gasteiger partial charge in [-0.25, -0.2) is 0 Å². The Morgan fingerprint density at radius 1 is 1.31 bits per heavy atom. The molecule has 0 saturated heterocycles. The molecule has 3 heteroatoms. The van der Waals surface area contributed by atoms with Crippen LogP contribution in [0.1, 0.15) is 37.2 Å². The van der Waals surface area contributed by atoms with Gasteiger partial charge < -0.3 is 10.8 Å². The Kier molecular flexibility index (Phi) is 3.53. The van der Waals surface area contributed by atoms with E-state index in [1.165, 1.54) is 5.56 Å². The minimum absolute atomic E-state index is 0.363. The van der Waals surface area contributed by atoms with Gasteiger partial charge in [0.15, 0.2) is 0 Å². The van der Waals surface area contributed by atoms with E-state index >= 15 is 0 Å². The largest absolute Gasteiger partial charge is 0.389 e. The monoisotopic (exact) mass is 239 g/mol. The van der Waals surface area contributed by atoms with Crippen molar-refractivity contribution in [2.75, 3.05) is 6.54 Å². The molecule has 2 rings (SSSR count). The summed E-state index contributed by atoms with van der Waals surface area (Å²) in [5.74, 6) is 0.473. The van der Waals surface area contributed by atoms with E-state index < -0.39 is 5.60 Å². The molecule has 1 aliphatic carbocycles. The van der Waals surface area contributed by atoms with Crippen molar-refractivity contribution in [1.82, 2.24) is 0 Å². The van der Waals surface area contributed by atoms with E-state index in [0.717, 1.165) is 30.7 Å². The highest BCUT2D eigenvalue weighted by atomic mass is 35.5. The third-order valence-corrected chi connectivity index (χ3v) is 3.99. The van der Waals surface area contributed by atoms with E-state index in [4.69, 9.17) is 17.3 Å². The summed E-state index contributed by atoms with van der Waals surface area (Å²) in [6, 6.07) is 7.98. The van der Waals surface area contributed by atoms with Crippen LogP contribution in [0.4, 0.5) is 0 Å². The molecule has 0 aromatic heterocycles. The topological polar surface area (TPSA) is 46.2 Å². The van der Waals surface area contributed by atoms with Gasteiger partial charge in [-0.1, -0.05) is 29.8 Å². The lowest BCUT2D eigenvalue weighted by Gasteiger charge is -2.35. The van der Waals surface area contributed by atoms with Gasteiger partial charge in [-0.15, -0.1) is 0 Å². The zero-order valence-electron chi connectivity index (χ0n) is 9.32. The molecule has 1 aromatic carbocycles. The van der Waals surface area contributed by atoms with Crippen molar-refractivity contribution < 1.29 is 5.11 Å². The average Bonchev–Trinajstić information content (AvgIpc) is 2.31. The summed E-state index contributed by atoms with van der Waals surface area (Å²) < 4.78 is 0. The fraction of sp³-hybridized carbons (Fsp3) is 0.538. The Bertz CT molecular complexity index is 359. The van der Waals surface area contributed by atoms with Crippen LogP contribution in [0.2, 0.25) is 5.02 Å². The molecule has 1 aliphatic rings. The predicted molar refractivity (Wildman–Crippen MR) is 66.7 cm³/mol. The van der Waals surface area contributed by atoms with E-state index in [1.807, 2.05) is 18.2 Å². The summed E-state index contributed by atoms with van der Waals surface area (Å²) in [5.41, 5.74) is 6.15. The molecule has 2 nitrogen and oxygen atoms in total. The maximum Gasteiger partial charge on any atom is 0.0769 e. The van der Waals surface area contributed by atoms with Crippen LogP contribution < -0.4 is 5.73 Å². The molecule has 0 unspecified atom stereocenters. The van der Waals surface area contributed by atoms with Crippen LogP contribution in [0, 0.1) is 0 Å². The fourth-order valence-corrected chi connectivity index (χ4v) is 2.77. The number of halogens is 1. The van der Waals surface area contributed by atoms with Crippen LogP contribution in [0.5, 0.6) is 0 Å². The molecule has 16 heavy (non-hydrogen) atoms. The van der Waals surface area contributed by atoms with E-state index in [9.17, 15) is 5.11 Å². The van der Waals surface area contributed by atoms with E-state index in [2.05, 4.69) is 6.07 Å². The zero-order valence-corrected chi connectivity index (χ0v) is 10.1. The van der Waals surface area contributed by atoms with Gasteiger partial charge in [0.05, 0.1) is 5.60 Å². The molecule has 0 spiro atoms. The zero-order chi connectivity index (χ0) is 11.6. The highest BCUT2D eigenvalue weighted by molar-refractivity contribution is 6.31. The fourth-order valence-electron chi connectivity index (χ4n) is 2.48. The van der Waals surface area contributed by atoms with Crippen molar-refractivity contribution >= 4 is 11.6 Å². The molecule has 0 bridgehead atoms. The summed E-state index contributed by atoms with van der Waals surface area (Å²) in [4.78, 5) is 0. The Balaban J connectivity index is 2.07. The van der Waals surface area contributed by atoms with Gasteiger partial charge in [0, 0.05) is 11.6 Å². The van der Waals surface area contributed by atoms with Crippen molar-refractivity contribution in [1.29, 1.82) is 0 Å². The van der Waals surface area contributed by atoms with Crippen molar-refractivity contribution in [3.05, 3.63) is 34.9 Å². The van der Waals surface area contributed by atoms with E-state index in [1.54, 1.807) is 0 Å². The minimum atomic E-state index is -0.641. The summed E-state index contributed by atoms with van der Waals surface area (Å²) in [7, 11) is 0. The molecule has 1 saturated carbocycles. The summed E-state index contributed by atoms with van der Waals surface area (Å²) in [6.07, 6.45) is 3.49. The van der Waals surface area contributed by atoms with Crippen molar-refractivity contribution in [3.63, 3.8) is 0 Å². The lowest BCUT2D eigenvalue weighted by Crippen LogP contribution is -2.40. The molecule has 1 fully saturated rings. The predicted octanol–water partition coefficient (Wildman–Crippen LogP) is 2.69. The van der Waals surface area contributed by atoms with Crippen LogP contribution >= 0.6 is 11.6 Å². The smallest absolute Gasteiger partial charge is 0.0769 e. The number of benzene rings is 1. The second-order valence-corrected chi connectivity index (χ2v) is 5.13. The molecular weight excluding hydrogens is 222 g/mol. The Morgan fingerprint density at radius 2 is 1.94 bits per heavy atom. The first kappa shape index (κ1) is 11.9. The second-order valence-electron chi connectivity index (χ2n) is 4.72. The highest BCUT2D eigenvalue weighted by Gasteiger charge is 2.32. The normalized spacial score (nSPS) is 30.3. The molecule has 88 valence electrons. The summed E-state index contributed by atoms with van der Waals surface area (Å²) >= 11 is 6.18. The Morgan fingerprint density at radius 3 is 2.50 bits per heavy atom. The number of hydrogen-bond donors (Lipinski definition) is 2. The quantitative estimate of drug-likeness (QED) is 0.834. The lowest BCUT2D eigenvalue weighted by atomic mass is 9.76. The van der Waals surface area contributed by atoms with E-state index in [0.29, 0.717) is 12.5 Å². The molecular formula is C13H18ClNO.